The lowest BCUT2D eigenvalue weighted by Crippen LogP contribution is -2.41. The van der Waals surface area contributed by atoms with Crippen molar-refractivity contribution < 1.29 is 14.0 Å². The van der Waals surface area contributed by atoms with Crippen molar-refractivity contribution in [1.82, 2.24) is 9.78 Å². The average Bonchev–Trinajstić information content (AvgIpc) is 2.98. The quantitative estimate of drug-likeness (QED) is 0.813. The Morgan fingerprint density at radius 2 is 1.67 bits per heavy atom. The van der Waals surface area contributed by atoms with Crippen LogP contribution in [0.4, 0.5) is 0 Å². The first-order valence-electron chi connectivity index (χ1n) is 8.45. The van der Waals surface area contributed by atoms with Crippen LogP contribution in [0.25, 0.3) is 11.3 Å². The third-order valence-corrected chi connectivity index (χ3v) is 5.31. The fourth-order valence-electron chi connectivity index (χ4n) is 2.93. The van der Waals surface area contributed by atoms with Crippen LogP contribution in [0, 0.1) is 0 Å². The summed E-state index contributed by atoms with van der Waals surface area (Å²) in [6, 6.07) is 10.5. The summed E-state index contributed by atoms with van der Waals surface area (Å²) in [6.07, 6.45) is 2.05. The molecule has 0 aliphatic carbocycles. The Bertz CT molecular complexity index is 722. The molecule has 2 aliphatic rings. The smallest absolute Gasteiger partial charge is 0.399 e. The number of hydrogen-bond acceptors (Lipinski definition) is 4. The summed E-state index contributed by atoms with van der Waals surface area (Å²) in [4.78, 5) is 0. The van der Waals surface area contributed by atoms with Gasteiger partial charge in [-0.2, -0.15) is 5.10 Å². The van der Waals surface area contributed by atoms with E-state index in [1.165, 1.54) is 0 Å². The molecule has 0 bridgehead atoms. The maximum atomic E-state index is 6.25. The van der Waals surface area contributed by atoms with E-state index in [9.17, 15) is 0 Å². The van der Waals surface area contributed by atoms with Crippen LogP contribution in [0.3, 0.4) is 0 Å². The predicted molar refractivity (Wildman–Crippen MR) is 93.2 cm³/mol. The topological polar surface area (TPSA) is 45.5 Å². The fraction of sp³-hybridized carbons (Fsp3) is 0.500. The van der Waals surface area contributed by atoms with Crippen molar-refractivity contribution in [2.24, 2.45) is 0 Å². The largest absolute Gasteiger partial charge is 0.498 e. The SMILES string of the molecule is CC1(C)OB(c2cn(C3COC3)nc2-c2ccccc2)OC1(C)C. The van der Waals surface area contributed by atoms with Crippen molar-refractivity contribution in [3.63, 3.8) is 0 Å². The molecule has 0 radical (unpaired) electrons. The molecule has 0 N–H and O–H groups in total. The van der Waals surface area contributed by atoms with Crippen molar-refractivity contribution in [2.75, 3.05) is 13.2 Å². The fourth-order valence-corrected chi connectivity index (χ4v) is 2.93. The zero-order chi connectivity index (χ0) is 16.9. The van der Waals surface area contributed by atoms with E-state index < -0.39 is 7.12 Å². The summed E-state index contributed by atoms with van der Waals surface area (Å²) in [5, 5.41) is 4.82. The first kappa shape index (κ1) is 15.9. The average molecular weight is 326 g/mol. The van der Waals surface area contributed by atoms with Gasteiger partial charge in [-0.3, -0.25) is 4.68 Å². The van der Waals surface area contributed by atoms with Crippen LogP contribution in [0.5, 0.6) is 0 Å². The third-order valence-electron chi connectivity index (χ3n) is 5.31. The van der Waals surface area contributed by atoms with E-state index in [2.05, 4.69) is 46.0 Å². The summed E-state index contributed by atoms with van der Waals surface area (Å²) >= 11 is 0. The van der Waals surface area contributed by atoms with E-state index in [0.717, 1.165) is 16.7 Å². The molecule has 0 amide bonds. The first-order chi connectivity index (χ1) is 11.4. The lowest BCUT2D eigenvalue weighted by molar-refractivity contribution is -0.0285. The molecule has 2 aromatic rings. The highest BCUT2D eigenvalue weighted by atomic mass is 16.7. The number of benzene rings is 1. The van der Waals surface area contributed by atoms with Crippen molar-refractivity contribution >= 4 is 12.6 Å². The van der Waals surface area contributed by atoms with E-state index in [4.69, 9.17) is 19.1 Å². The summed E-state index contributed by atoms with van der Waals surface area (Å²) < 4.78 is 19.8. The van der Waals surface area contributed by atoms with Gasteiger partial charge in [-0.25, -0.2) is 0 Å². The second kappa shape index (κ2) is 5.44. The summed E-state index contributed by atoms with van der Waals surface area (Å²) in [6.45, 7) is 9.69. The van der Waals surface area contributed by atoms with E-state index in [1.54, 1.807) is 0 Å². The molecule has 2 aliphatic heterocycles. The highest BCUT2D eigenvalue weighted by molar-refractivity contribution is 6.63. The Morgan fingerprint density at radius 3 is 2.21 bits per heavy atom. The van der Waals surface area contributed by atoms with Gasteiger partial charge in [0.15, 0.2) is 0 Å². The number of ether oxygens (including phenoxy) is 1. The van der Waals surface area contributed by atoms with Crippen LogP contribution < -0.4 is 5.46 Å². The zero-order valence-electron chi connectivity index (χ0n) is 14.7. The van der Waals surface area contributed by atoms with Crippen molar-refractivity contribution in [2.45, 2.75) is 44.9 Å². The second-order valence-electron chi connectivity index (χ2n) is 7.56. The molecular formula is C18H23BN2O3. The molecule has 0 spiro atoms. The van der Waals surface area contributed by atoms with Crippen LogP contribution in [0.15, 0.2) is 36.5 Å². The van der Waals surface area contributed by atoms with Gasteiger partial charge in [0.1, 0.15) is 0 Å². The molecule has 0 saturated carbocycles. The second-order valence-corrected chi connectivity index (χ2v) is 7.56. The summed E-state index contributed by atoms with van der Waals surface area (Å²) in [5.74, 6) is 0. The lowest BCUT2D eigenvalue weighted by atomic mass is 9.78. The maximum Gasteiger partial charge on any atom is 0.498 e. The van der Waals surface area contributed by atoms with E-state index in [-0.39, 0.29) is 11.2 Å². The minimum atomic E-state index is -0.417. The van der Waals surface area contributed by atoms with Crippen molar-refractivity contribution in [3.05, 3.63) is 36.5 Å². The van der Waals surface area contributed by atoms with Gasteiger partial charge in [-0.15, -0.1) is 0 Å². The minimum absolute atomic E-state index is 0.295. The van der Waals surface area contributed by atoms with Gasteiger partial charge in [-0.05, 0) is 27.7 Å². The molecule has 4 rings (SSSR count). The van der Waals surface area contributed by atoms with Gasteiger partial charge >= 0.3 is 7.12 Å². The highest BCUT2D eigenvalue weighted by Crippen LogP contribution is 2.37. The zero-order valence-corrected chi connectivity index (χ0v) is 14.7. The molecule has 1 aromatic carbocycles. The Balaban J connectivity index is 1.75. The Morgan fingerprint density at radius 1 is 1.04 bits per heavy atom. The normalized spacial score (nSPS) is 22.6. The molecule has 126 valence electrons. The van der Waals surface area contributed by atoms with Gasteiger partial charge < -0.3 is 14.0 Å². The molecule has 0 unspecified atom stereocenters. The Kier molecular flexibility index (Phi) is 3.60. The molecule has 6 heteroatoms. The van der Waals surface area contributed by atoms with Crippen molar-refractivity contribution in [3.8, 4) is 11.3 Å². The van der Waals surface area contributed by atoms with Gasteiger partial charge in [0.2, 0.25) is 0 Å². The molecule has 2 fully saturated rings. The molecule has 5 nitrogen and oxygen atoms in total. The third kappa shape index (κ3) is 2.49. The summed E-state index contributed by atoms with van der Waals surface area (Å²) in [5.41, 5.74) is 2.23. The molecule has 24 heavy (non-hydrogen) atoms. The first-order valence-corrected chi connectivity index (χ1v) is 8.45. The van der Waals surface area contributed by atoms with Gasteiger partial charge in [0, 0.05) is 17.2 Å². The molecule has 3 heterocycles. The van der Waals surface area contributed by atoms with Gasteiger partial charge in [0.05, 0.1) is 36.2 Å². The van der Waals surface area contributed by atoms with Crippen LogP contribution >= 0.6 is 0 Å². The standard InChI is InChI=1S/C18H23BN2O3/c1-17(2)18(3,4)24-19(23-17)15-10-21(14-11-22-12-14)20-16(15)13-8-6-5-7-9-13/h5-10,14H,11-12H2,1-4H3. The molecule has 2 saturated heterocycles. The maximum absolute atomic E-state index is 6.25. The molecule has 1 aromatic heterocycles. The predicted octanol–water partition coefficient (Wildman–Crippen LogP) is 2.42. The molecular weight excluding hydrogens is 303 g/mol. The van der Waals surface area contributed by atoms with E-state index in [1.807, 2.05) is 22.9 Å². The van der Waals surface area contributed by atoms with Crippen LogP contribution in [-0.2, 0) is 14.0 Å². The number of hydrogen-bond donors (Lipinski definition) is 0. The van der Waals surface area contributed by atoms with E-state index >= 15 is 0 Å². The Labute approximate surface area is 143 Å². The van der Waals surface area contributed by atoms with Gasteiger partial charge in [-0.1, -0.05) is 30.3 Å². The lowest BCUT2D eigenvalue weighted by Gasteiger charge is -2.32. The minimum Gasteiger partial charge on any atom is -0.399 e. The van der Waals surface area contributed by atoms with Crippen LogP contribution in [-0.4, -0.2) is 41.3 Å². The van der Waals surface area contributed by atoms with Crippen LogP contribution in [0.1, 0.15) is 33.7 Å². The van der Waals surface area contributed by atoms with E-state index in [0.29, 0.717) is 19.3 Å². The van der Waals surface area contributed by atoms with Gasteiger partial charge in [0.25, 0.3) is 0 Å². The summed E-state index contributed by atoms with van der Waals surface area (Å²) in [7, 11) is -0.417. The highest BCUT2D eigenvalue weighted by Gasteiger charge is 2.53. The number of nitrogens with zero attached hydrogens (tertiary/aromatic N) is 2. The monoisotopic (exact) mass is 326 g/mol. The van der Waals surface area contributed by atoms with Crippen LogP contribution in [0.2, 0.25) is 0 Å². The Hall–Kier alpha value is -1.63. The number of aromatic nitrogens is 2. The molecule has 0 atom stereocenters. The van der Waals surface area contributed by atoms with Crippen molar-refractivity contribution in [1.29, 1.82) is 0 Å². The number of rotatable bonds is 3.